The van der Waals surface area contributed by atoms with Crippen molar-refractivity contribution in [1.29, 1.82) is 0 Å². The lowest BCUT2D eigenvalue weighted by molar-refractivity contribution is -0.0240. The summed E-state index contributed by atoms with van der Waals surface area (Å²) in [6.07, 6.45) is 6.74. The zero-order valence-corrected chi connectivity index (χ0v) is 16.8. The molecule has 1 saturated carbocycles. The first-order valence-electron chi connectivity index (χ1n) is 10.4. The Bertz CT molecular complexity index is 760. The molecular formula is C23H31NO4. The highest BCUT2D eigenvalue weighted by Gasteiger charge is 2.42. The van der Waals surface area contributed by atoms with Gasteiger partial charge in [0, 0.05) is 25.2 Å². The van der Waals surface area contributed by atoms with Crippen LogP contribution in [-0.2, 0) is 13.0 Å². The average molecular weight is 386 g/mol. The second-order valence-corrected chi connectivity index (χ2v) is 8.28. The van der Waals surface area contributed by atoms with Crippen molar-refractivity contribution >= 4 is 0 Å². The number of likely N-dealkylation sites (tertiary alicyclic amines) is 1. The minimum absolute atomic E-state index is 0.180. The number of nitrogens with zero attached hydrogens (tertiary/aromatic N) is 1. The van der Waals surface area contributed by atoms with Crippen LogP contribution in [0.3, 0.4) is 0 Å². The van der Waals surface area contributed by atoms with Gasteiger partial charge in [-0.05, 0) is 54.9 Å². The number of ether oxygens (including phenoxy) is 2. The standard InChI is InChI=1S/C23H31NO4/c1-3-4-16-5-6-21(23(9-16)26-2)28-22-11-19-14-24(12-17-7-8-27-15-17)13-18(19)10-20(22)25/h5-9,15,18-20,22,25H,3-4,10-14H2,1-2H3/t18-,19+,20+,22+/m0/s1. The number of aliphatic hydroxyl groups is 1. The number of aliphatic hydroxyl groups excluding tert-OH is 1. The molecule has 152 valence electrons. The van der Waals surface area contributed by atoms with Gasteiger partial charge in [-0.3, -0.25) is 4.90 Å². The molecule has 1 N–H and O–H groups in total. The molecule has 2 aliphatic rings. The molecular weight excluding hydrogens is 354 g/mol. The highest BCUT2D eigenvalue weighted by atomic mass is 16.5. The van der Waals surface area contributed by atoms with Gasteiger partial charge < -0.3 is 19.0 Å². The van der Waals surface area contributed by atoms with E-state index >= 15 is 0 Å². The van der Waals surface area contributed by atoms with Crippen molar-refractivity contribution in [2.24, 2.45) is 11.8 Å². The lowest BCUT2D eigenvalue weighted by atomic mass is 9.78. The zero-order chi connectivity index (χ0) is 19.5. The van der Waals surface area contributed by atoms with Crippen molar-refractivity contribution in [3.8, 4) is 11.5 Å². The van der Waals surface area contributed by atoms with Crippen LogP contribution in [0.1, 0.15) is 37.3 Å². The molecule has 1 aliphatic heterocycles. The molecule has 4 atom stereocenters. The van der Waals surface area contributed by atoms with Crippen LogP contribution in [0.5, 0.6) is 11.5 Å². The van der Waals surface area contributed by atoms with Crippen molar-refractivity contribution in [3.63, 3.8) is 0 Å². The van der Waals surface area contributed by atoms with Crippen LogP contribution in [0.15, 0.2) is 41.2 Å². The first-order chi connectivity index (χ1) is 13.7. The molecule has 0 amide bonds. The first-order valence-corrected chi connectivity index (χ1v) is 10.4. The Morgan fingerprint density at radius 1 is 1.11 bits per heavy atom. The topological polar surface area (TPSA) is 55.1 Å². The van der Waals surface area contributed by atoms with Crippen LogP contribution >= 0.6 is 0 Å². The summed E-state index contributed by atoms with van der Waals surface area (Å²) < 4.78 is 17.0. The summed E-state index contributed by atoms with van der Waals surface area (Å²) in [5, 5.41) is 10.7. The number of benzene rings is 1. The molecule has 0 bridgehead atoms. The number of aryl methyl sites for hydroxylation is 1. The molecule has 2 aromatic rings. The van der Waals surface area contributed by atoms with Gasteiger partial charge in [-0.15, -0.1) is 0 Å². The van der Waals surface area contributed by atoms with Gasteiger partial charge in [0.05, 0.1) is 25.7 Å². The van der Waals surface area contributed by atoms with E-state index in [9.17, 15) is 5.11 Å². The molecule has 0 radical (unpaired) electrons. The van der Waals surface area contributed by atoms with E-state index in [0.717, 1.165) is 56.8 Å². The number of methoxy groups -OCH3 is 1. The van der Waals surface area contributed by atoms with Crippen molar-refractivity contribution in [1.82, 2.24) is 4.90 Å². The molecule has 2 heterocycles. The quantitative estimate of drug-likeness (QED) is 0.784. The van der Waals surface area contributed by atoms with Crippen LogP contribution < -0.4 is 9.47 Å². The maximum absolute atomic E-state index is 10.7. The van der Waals surface area contributed by atoms with Crippen LogP contribution in [0.4, 0.5) is 0 Å². The van der Waals surface area contributed by atoms with Crippen molar-refractivity contribution in [2.75, 3.05) is 20.2 Å². The maximum Gasteiger partial charge on any atom is 0.161 e. The smallest absolute Gasteiger partial charge is 0.161 e. The third kappa shape index (κ3) is 4.20. The lowest BCUT2D eigenvalue weighted by Crippen LogP contribution is -2.42. The number of rotatable bonds is 7. The van der Waals surface area contributed by atoms with E-state index in [4.69, 9.17) is 13.9 Å². The molecule has 0 spiro atoms. The van der Waals surface area contributed by atoms with E-state index in [2.05, 4.69) is 24.0 Å². The summed E-state index contributed by atoms with van der Waals surface area (Å²) in [5.41, 5.74) is 2.46. The number of hydrogen-bond acceptors (Lipinski definition) is 5. The van der Waals surface area contributed by atoms with Gasteiger partial charge in [0.25, 0.3) is 0 Å². The molecule has 1 aromatic carbocycles. The minimum Gasteiger partial charge on any atom is -0.493 e. The molecule has 5 nitrogen and oxygen atoms in total. The van der Waals surface area contributed by atoms with Gasteiger partial charge in [0.2, 0.25) is 0 Å². The summed E-state index contributed by atoms with van der Waals surface area (Å²) in [5.74, 6) is 2.59. The maximum atomic E-state index is 10.7. The van der Waals surface area contributed by atoms with Gasteiger partial charge in [0.15, 0.2) is 11.5 Å². The van der Waals surface area contributed by atoms with Crippen LogP contribution in [0, 0.1) is 11.8 Å². The predicted octanol–water partition coefficient (Wildman–Crippen LogP) is 3.89. The molecule has 28 heavy (non-hydrogen) atoms. The van der Waals surface area contributed by atoms with Crippen LogP contribution in [-0.4, -0.2) is 42.4 Å². The number of furan rings is 1. The van der Waals surface area contributed by atoms with Gasteiger partial charge in [-0.25, -0.2) is 0 Å². The number of hydrogen-bond donors (Lipinski definition) is 1. The highest BCUT2D eigenvalue weighted by Crippen LogP contribution is 2.40. The fourth-order valence-corrected chi connectivity index (χ4v) is 4.80. The lowest BCUT2D eigenvalue weighted by Gasteiger charge is -2.35. The average Bonchev–Trinajstić information content (AvgIpc) is 3.33. The Labute approximate surface area is 167 Å². The Kier molecular flexibility index (Phi) is 5.93. The minimum atomic E-state index is -0.435. The van der Waals surface area contributed by atoms with E-state index in [-0.39, 0.29) is 6.10 Å². The molecule has 1 aliphatic carbocycles. The Morgan fingerprint density at radius 2 is 1.93 bits per heavy atom. The second kappa shape index (κ2) is 8.58. The fourth-order valence-electron chi connectivity index (χ4n) is 4.80. The predicted molar refractivity (Wildman–Crippen MR) is 108 cm³/mol. The summed E-state index contributed by atoms with van der Waals surface area (Å²) >= 11 is 0. The Hall–Kier alpha value is -1.98. The van der Waals surface area contributed by atoms with E-state index < -0.39 is 6.10 Å². The second-order valence-electron chi connectivity index (χ2n) is 8.28. The van der Waals surface area contributed by atoms with Crippen molar-refractivity contribution < 1.29 is 19.0 Å². The SMILES string of the molecule is CCCc1ccc(O[C@@H]2C[C@@H]3CN(Cc4ccoc4)C[C@@H]3C[C@H]2O)c(OC)c1. The normalized spacial score (nSPS) is 27.5. The third-order valence-electron chi connectivity index (χ3n) is 6.19. The molecule has 4 rings (SSSR count). The molecule has 1 aromatic heterocycles. The van der Waals surface area contributed by atoms with Gasteiger partial charge in [0.1, 0.15) is 6.10 Å². The molecule has 1 saturated heterocycles. The van der Waals surface area contributed by atoms with Gasteiger partial charge in [-0.2, -0.15) is 0 Å². The van der Waals surface area contributed by atoms with Crippen LogP contribution in [0.2, 0.25) is 0 Å². The summed E-state index contributed by atoms with van der Waals surface area (Å²) in [4.78, 5) is 2.47. The zero-order valence-electron chi connectivity index (χ0n) is 16.8. The van der Waals surface area contributed by atoms with E-state index in [1.807, 2.05) is 18.4 Å². The number of fused-ring (bicyclic) bond motifs is 1. The largest absolute Gasteiger partial charge is 0.493 e. The van der Waals surface area contributed by atoms with E-state index in [0.29, 0.717) is 11.8 Å². The summed E-state index contributed by atoms with van der Waals surface area (Å²) in [6.45, 7) is 5.17. The Morgan fingerprint density at radius 3 is 2.64 bits per heavy atom. The summed E-state index contributed by atoms with van der Waals surface area (Å²) in [7, 11) is 1.68. The van der Waals surface area contributed by atoms with Gasteiger partial charge >= 0.3 is 0 Å². The van der Waals surface area contributed by atoms with Crippen molar-refractivity contribution in [2.45, 2.75) is 51.4 Å². The van der Waals surface area contributed by atoms with Crippen LogP contribution in [0.25, 0.3) is 0 Å². The molecule has 2 fully saturated rings. The Balaban J connectivity index is 1.40. The van der Waals surface area contributed by atoms with Crippen molar-refractivity contribution in [3.05, 3.63) is 47.9 Å². The third-order valence-corrected chi connectivity index (χ3v) is 6.19. The monoisotopic (exact) mass is 385 g/mol. The first kappa shape index (κ1) is 19.3. The summed E-state index contributed by atoms with van der Waals surface area (Å²) in [6, 6.07) is 8.17. The molecule has 5 heteroatoms. The van der Waals surface area contributed by atoms with E-state index in [1.165, 1.54) is 11.1 Å². The van der Waals surface area contributed by atoms with Gasteiger partial charge in [-0.1, -0.05) is 19.4 Å². The molecule has 0 unspecified atom stereocenters. The fraction of sp³-hybridized carbons (Fsp3) is 0.565. The van der Waals surface area contributed by atoms with E-state index in [1.54, 1.807) is 13.4 Å². The highest BCUT2D eigenvalue weighted by molar-refractivity contribution is 5.43.